The molecule has 1 rings (SSSR count). The number of rotatable bonds is 7. The number of carbonyl (C=O) groups is 3. The number of nitrogens with one attached hydrogen (secondary N) is 1. The molecule has 7 heteroatoms. The van der Waals surface area contributed by atoms with E-state index in [-0.39, 0.29) is 12.5 Å². The third-order valence-electron chi connectivity index (χ3n) is 2.98. The molecule has 0 aromatic carbocycles. The second kappa shape index (κ2) is 7.73. The van der Waals surface area contributed by atoms with Gasteiger partial charge in [-0.15, -0.1) is 0 Å². The first-order valence-electron chi connectivity index (χ1n) is 6.34. The van der Waals surface area contributed by atoms with Crippen LogP contribution in [0.15, 0.2) is 0 Å². The van der Waals surface area contributed by atoms with Crippen LogP contribution < -0.4 is 5.32 Å². The van der Waals surface area contributed by atoms with Crippen LogP contribution in [0.2, 0.25) is 0 Å². The molecule has 0 aromatic rings. The fourth-order valence-electron chi connectivity index (χ4n) is 1.97. The van der Waals surface area contributed by atoms with E-state index in [0.717, 1.165) is 19.3 Å². The van der Waals surface area contributed by atoms with E-state index in [0.29, 0.717) is 13.0 Å². The zero-order chi connectivity index (χ0) is 14.3. The lowest BCUT2D eigenvalue weighted by Gasteiger charge is -2.22. The number of amides is 1. The summed E-state index contributed by atoms with van der Waals surface area (Å²) in [5, 5.41) is 19.5. The minimum Gasteiger partial charge on any atom is -0.481 e. The summed E-state index contributed by atoms with van der Waals surface area (Å²) in [7, 11) is 0. The van der Waals surface area contributed by atoms with Gasteiger partial charge in [0.05, 0.1) is 12.5 Å². The Morgan fingerprint density at radius 2 is 2.00 bits per heavy atom. The molecule has 0 spiro atoms. The van der Waals surface area contributed by atoms with Crippen molar-refractivity contribution in [2.75, 3.05) is 6.61 Å². The molecule has 2 atom stereocenters. The van der Waals surface area contributed by atoms with Gasteiger partial charge in [0.15, 0.2) is 0 Å². The van der Waals surface area contributed by atoms with Crippen molar-refractivity contribution in [2.24, 2.45) is 0 Å². The molecule has 0 aromatic heterocycles. The van der Waals surface area contributed by atoms with Crippen molar-refractivity contribution in [2.45, 2.75) is 50.7 Å². The van der Waals surface area contributed by atoms with Crippen LogP contribution in [-0.2, 0) is 19.1 Å². The van der Waals surface area contributed by atoms with Gasteiger partial charge in [-0.3, -0.25) is 9.59 Å². The lowest BCUT2D eigenvalue weighted by molar-refractivity contribution is -0.147. The fraction of sp³-hybridized carbons (Fsp3) is 0.750. The van der Waals surface area contributed by atoms with Gasteiger partial charge < -0.3 is 20.3 Å². The average Bonchev–Trinajstić information content (AvgIpc) is 2.36. The van der Waals surface area contributed by atoms with Crippen molar-refractivity contribution >= 4 is 17.8 Å². The van der Waals surface area contributed by atoms with Crippen LogP contribution in [0, 0.1) is 0 Å². The molecular formula is C12H19NO6. The van der Waals surface area contributed by atoms with E-state index in [9.17, 15) is 14.4 Å². The molecule has 19 heavy (non-hydrogen) atoms. The van der Waals surface area contributed by atoms with Crippen molar-refractivity contribution in [3.05, 3.63) is 0 Å². The predicted octanol–water partition coefficient (Wildman–Crippen LogP) is 0.380. The Balaban J connectivity index is 2.31. The van der Waals surface area contributed by atoms with E-state index in [4.69, 9.17) is 14.9 Å². The third-order valence-corrected chi connectivity index (χ3v) is 2.98. The van der Waals surface area contributed by atoms with Gasteiger partial charge in [0.2, 0.25) is 5.91 Å². The van der Waals surface area contributed by atoms with Gasteiger partial charge in [0.25, 0.3) is 0 Å². The molecule has 1 aliphatic heterocycles. The second-order valence-corrected chi connectivity index (χ2v) is 4.58. The van der Waals surface area contributed by atoms with Crippen LogP contribution in [0.1, 0.15) is 38.5 Å². The molecule has 0 bridgehead atoms. The number of hydrogen-bond acceptors (Lipinski definition) is 4. The summed E-state index contributed by atoms with van der Waals surface area (Å²) in [5.41, 5.74) is 0. The molecule has 7 nitrogen and oxygen atoms in total. The molecule has 0 radical (unpaired) electrons. The lowest BCUT2D eigenvalue weighted by Crippen LogP contribution is -2.42. The number of aliphatic carboxylic acids is 2. The summed E-state index contributed by atoms with van der Waals surface area (Å²) < 4.78 is 5.45. The summed E-state index contributed by atoms with van der Waals surface area (Å²) in [5.74, 6) is -3.06. The Kier molecular flexibility index (Phi) is 6.27. The predicted molar refractivity (Wildman–Crippen MR) is 64.6 cm³/mol. The van der Waals surface area contributed by atoms with Crippen LogP contribution >= 0.6 is 0 Å². The Morgan fingerprint density at radius 1 is 1.26 bits per heavy atom. The summed E-state index contributed by atoms with van der Waals surface area (Å²) >= 11 is 0. The summed E-state index contributed by atoms with van der Waals surface area (Å²) in [6, 6.07) is -1.38. The van der Waals surface area contributed by atoms with Crippen molar-refractivity contribution in [3.63, 3.8) is 0 Å². The zero-order valence-electron chi connectivity index (χ0n) is 10.6. The molecule has 1 saturated heterocycles. The normalized spacial score (nSPS) is 20.5. The SMILES string of the molecule is O=C(O)CC(NC(=O)CCC1CCCCO1)C(=O)O. The largest absolute Gasteiger partial charge is 0.481 e. The average molecular weight is 273 g/mol. The van der Waals surface area contributed by atoms with Gasteiger partial charge >= 0.3 is 11.9 Å². The molecule has 108 valence electrons. The zero-order valence-corrected chi connectivity index (χ0v) is 10.6. The highest BCUT2D eigenvalue weighted by atomic mass is 16.5. The van der Waals surface area contributed by atoms with E-state index >= 15 is 0 Å². The maximum absolute atomic E-state index is 11.6. The molecule has 0 aliphatic carbocycles. The number of carboxylic acids is 2. The highest BCUT2D eigenvalue weighted by Crippen LogP contribution is 2.16. The highest BCUT2D eigenvalue weighted by molar-refractivity contribution is 5.86. The molecule has 0 saturated carbocycles. The summed E-state index contributed by atoms with van der Waals surface area (Å²) in [4.78, 5) is 32.8. The molecule has 1 amide bonds. The minimum atomic E-state index is -1.38. The van der Waals surface area contributed by atoms with Crippen molar-refractivity contribution in [1.29, 1.82) is 0 Å². The summed E-state index contributed by atoms with van der Waals surface area (Å²) in [6.45, 7) is 0.697. The number of carbonyl (C=O) groups excluding carboxylic acids is 1. The van der Waals surface area contributed by atoms with Gasteiger partial charge in [-0.2, -0.15) is 0 Å². The first-order chi connectivity index (χ1) is 8.99. The highest BCUT2D eigenvalue weighted by Gasteiger charge is 2.23. The molecule has 2 unspecified atom stereocenters. The molecule has 1 fully saturated rings. The lowest BCUT2D eigenvalue weighted by atomic mass is 10.0. The Morgan fingerprint density at radius 3 is 2.53 bits per heavy atom. The molecule has 3 N–H and O–H groups in total. The van der Waals surface area contributed by atoms with Crippen LogP contribution in [0.3, 0.4) is 0 Å². The maximum atomic E-state index is 11.6. The number of hydrogen-bond donors (Lipinski definition) is 3. The molecule has 1 aliphatic rings. The second-order valence-electron chi connectivity index (χ2n) is 4.58. The van der Waals surface area contributed by atoms with Gasteiger partial charge in [-0.05, 0) is 25.7 Å². The van der Waals surface area contributed by atoms with Crippen LogP contribution in [0.5, 0.6) is 0 Å². The van der Waals surface area contributed by atoms with Gasteiger partial charge in [-0.1, -0.05) is 0 Å². The number of carboxylic acid groups (broad SMARTS) is 2. The van der Waals surface area contributed by atoms with Crippen molar-refractivity contribution < 1.29 is 29.3 Å². The van der Waals surface area contributed by atoms with Gasteiger partial charge in [-0.25, -0.2) is 4.79 Å². The first kappa shape index (κ1) is 15.4. The molecule has 1 heterocycles. The van der Waals surface area contributed by atoms with Gasteiger partial charge in [0.1, 0.15) is 6.04 Å². The van der Waals surface area contributed by atoms with Crippen molar-refractivity contribution in [1.82, 2.24) is 5.32 Å². The quantitative estimate of drug-likeness (QED) is 0.618. The topological polar surface area (TPSA) is 113 Å². The van der Waals surface area contributed by atoms with E-state index < -0.39 is 30.3 Å². The standard InChI is InChI=1S/C12H19NO6/c14-10(5-4-8-3-1-2-6-19-8)13-9(12(17)18)7-11(15)16/h8-9H,1-7H2,(H,13,14)(H,15,16)(H,17,18). The van der Waals surface area contributed by atoms with Crippen LogP contribution in [0.4, 0.5) is 0 Å². The number of ether oxygens (including phenoxy) is 1. The van der Waals surface area contributed by atoms with Gasteiger partial charge in [0, 0.05) is 13.0 Å². The maximum Gasteiger partial charge on any atom is 0.326 e. The fourth-order valence-corrected chi connectivity index (χ4v) is 1.97. The van der Waals surface area contributed by atoms with E-state index in [2.05, 4.69) is 5.32 Å². The Bertz CT molecular complexity index is 337. The first-order valence-corrected chi connectivity index (χ1v) is 6.34. The van der Waals surface area contributed by atoms with E-state index in [1.807, 2.05) is 0 Å². The van der Waals surface area contributed by atoms with E-state index in [1.54, 1.807) is 0 Å². The summed E-state index contributed by atoms with van der Waals surface area (Å²) in [6.07, 6.45) is 3.11. The monoisotopic (exact) mass is 273 g/mol. The Hall–Kier alpha value is -1.63. The van der Waals surface area contributed by atoms with Crippen LogP contribution in [-0.4, -0.2) is 46.8 Å². The Labute approximate surface area is 110 Å². The smallest absolute Gasteiger partial charge is 0.326 e. The van der Waals surface area contributed by atoms with E-state index in [1.165, 1.54) is 0 Å². The third kappa shape index (κ3) is 6.19. The molecular weight excluding hydrogens is 254 g/mol. The van der Waals surface area contributed by atoms with Crippen molar-refractivity contribution in [3.8, 4) is 0 Å². The van der Waals surface area contributed by atoms with Crippen LogP contribution in [0.25, 0.3) is 0 Å². The minimum absolute atomic E-state index is 0.0438.